The number of benzene rings is 1. The Bertz CT molecular complexity index is 708. The maximum absolute atomic E-state index is 13.2. The molecule has 1 saturated heterocycles. The number of halogens is 2. The number of likely N-dealkylation sites (tertiary alicyclic amines) is 1. The second-order valence-electron chi connectivity index (χ2n) is 8.28. The fourth-order valence-corrected chi connectivity index (χ4v) is 3.40. The van der Waals surface area contributed by atoms with Gasteiger partial charge in [0.25, 0.3) is 0 Å². The summed E-state index contributed by atoms with van der Waals surface area (Å²) in [7, 11) is 1.73. The van der Waals surface area contributed by atoms with Gasteiger partial charge < -0.3 is 15.0 Å². The zero-order valence-electron chi connectivity index (χ0n) is 16.9. The summed E-state index contributed by atoms with van der Waals surface area (Å²) >= 11 is 5.74. The van der Waals surface area contributed by atoms with Crippen LogP contribution in [-0.2, 0) is 9.53 Å². The Hall–Kier alpha value is -1.86. The summed E-state index contributed by atoms with van der Waals surface area (Å²) in [5, 5.41) is 2.71. The zero-order chi connectivity index (χ0) is 20.9. The standard InChI is InChI=1S/C20H29ClFN3O3/c1-20(2,3)28-19(27)24(4)11-14-6-5-9-25(12-14)13-18(26)23-15-7-8-17(22)16(21)10-15/h7-8,10,14H,5-6,9,11-13H2,1-4H3,(H,23,26)/t14-/m1/s1. The van der Waals surface area contributed by atoms with Crippen LogP contribution in [0.3, 0.4) is 0 Å². The summed E-state index contributed by atoms with van der Waals surface area (Å²) in [5.41, 5.74) is -0.0553. The Morgan fingerprint density at radius 2 is 2.11 bits per heavy atom. The molecule has 1 aliphatic rings. The molecule has 0 aliphatic carbocycles. The summed E-state index contributed by atoms with van der Waals surface area (Å²) in [6.07, 6.45) is 1.62. The van der Waals surface area contributed by atoms with Crippen LogP contribution in [0, 0.1) is 11.7 Å². The topological polar surface area (TPSA) is 61.9 Å². The van der Waals surface area contributed by atoms with Gasteiger partial charge in [0.2, 0.25) is 5.91 Å². The highest BCUT2D eigenvalue weighted by Crippen LogP contribution is 2.21. The normalized spacial score (nSPS) is 17.9. The molecule has 1 aromatic carbocycles. The summed E-state index contributed by atoms with van der Waals surface area (Å²) < 4.78 is 18.6. The first-order valence-corrected chi connectivity index (χ1v) is 9.82. The monoisotopic (exact) mass is 413 g/mol. The van der Waals surface area contributed by atoms with Gasteiger partial charge in [0, 0.05) is 25.8 Å². The third kappa shape index (κ3) is 7.28. The van der Waals surface area contributed by atoms with Crippen LogP contribution < -0.4 is 5.32 Å². The van der Waals surface area contributed by atoms with Gasteiger partial charge in [0.05, 0.1) is 11.6 Å². The van der Waals surface area contributed by atoms with Crippen molar-refractivity contribution in [2.24, 2.45) is 5.92 Å². The van der Waals surface area contributed by atoms with Gasteiger partial charge >= 0.3 is 6.09 Å². The summed E-state index contributed by atoms with van der Waals surface area (Å²) in [6, 6.07) is 4.10. The van der Waals surface area contributed by atoms with E-state index in [-0.39, 0.29) is 29.5 Å². The van der Waals surface area contributed by atoms with E-state index in [1.54, 1.807) is 11.9 Å². The van der Waals surface area contributed by atoms with E-state index in [9.17, 15) is 14.0 Å². The first kappa shape index (κ1) is 22.4. The summed E-state index contributed by atoms with van der Waals surface area (Å²) in [4.78, 5) is 28.1. The molecule has 6 nitrogen and oxygen atoms in total. The van der Waals surface area contributed by atoms with E-state index in [2.05, 4.69) is 10.2 Å². The van der Waals surface area contributed by atoms with Crippen molar-refractivity contribution in [2.45, 2.75) is 39.2 Å². The third-order valence-corrected chi connectivity index (χ3v) is 4.70. The molecule has 1 heterocycles. The minimum absolute atomic E-state index is 0.0268. The Kier molecular flexibility index (Phi) is 7.66. The maximum atomic E-state index is 13.2. The van der Waals surface area contributed by atoms with E-state index in [0.29, 0.717) is 12.2 Å². The van der Waals surface area contributed by atoms with Crippen molar-refractivity contribution in [2.75, 3.05) is 38.5 Å². The quantitative estimate of drug-likeness (QED) is 0.792. The zero-order valence-corrected chi connectivity index (χ0v) is 17.7. The minimum atomic E-state index is -0.523. The molecule has 0 radical (unpaired) electrons. The van der Waals surface area contributed by atoms with E-state index >= 15 is 0 Å². The van der Waals surface area contributed by atoms with Crippen LogP contribution in [0.4, 0.5) is 14.9 Å². The van der Waals surface area contributed by atoms with Gasteiger partial charge in [-0.15, -0.1) is 0 Å². The highest BCUT2D eigenvalue weighted by Gasteiger charge is 2.26. The second-order valence-corrected chi connectivity index (χ2v) is 8.69. The fourth-order valence-electron chi connectivity index (χ4n) is 3.22. The number of carbonyl (C=O) groups excluding carboxylic acids is 2. The molecule has 0 saturated carbocycles. The molecule has 1 aliphatic heterocycles. The summed E-state index contributed by atoms with van der Waals surface area (Å²) in [5.74, 6) is -0.421. The molecule has 156 valence electrons. The number of ether oxygens (including phenoxy) is 1. The van der Waals surface area contributed by atoms with Gasteiger partial charge in [-0.2, -0.15) is 0 Å². The number of anilines is 1. The lowest BCUT2D eigenvalue weighted by Crippen LogP contribution is -2.45. The number of carbonyl (C=O) groups is 2. The number of hydrogen-bond donors (Lipinski definition) is 1. The molecular weight excluding hydrogens is 385 g/mol. The molecule has 2 rings (SSSR count). The largest absolute Gasteiger partial charge is 0.444 e. The van der Waals surface area contributed by atoms with Crippen molar-refractivity contribution in [3.8, 4) is 0 Å². The number of amides is 2. The van der Waals surface area contributed by atoms with E-state index in [1.807, 2.05) is 20.8 Å². The average Bonchev–Trinajstić information content (AvgIpc) is 2.57. The van der Waals surface area contributed by atoms with E-state index in [4.69, 9.17) is 16.3 Å². The molecule has 0 aromatic heterocycles. The highest BCUT2D eigenvalue weighted by molar-refractivity contribution is 6.31. The average molecular weight is 414 g/mol. The smallest absolute Gasteiger partial charge is 0.410 e. The van der Waals surface area contributed by atoms with Crippen LogP contribution in [0.5, 0.6) is 0 Å². The van der Waals surface area contributed by atoms with Gasteiger partial charge in [-0.1, -0.05) is 11.6 Å². The first-order valence-electron chi connectivity index (χ1n) is 9.45. The van der Waals surface area contributed by atoms with Gasteiger partial charge in [-0.05, 0) is 64.3 Å². The molecule has 2 amide bonds. The number of rotatable bonds is 5. The molecule has 1 fully saturated rings. The lowest BCUT2D eigenvalue weighted by Gasteiger charge is -2.34. The van der Waals surface area contributed by atoms with Gasteiger partial charge in [-0.3, -0.25) is 9.69 Å². The highest BCUT2D eigenvalue weighted by atomic mass is 35.5. The molecule has 0 unspecified atom stereocenters. The number of nitrogens with one attached hydrogen (secondary N) is 1. The first-order chi connectivity index (χ1) is 13.0. The minimum Gasteiger partial charge on any atom is -0.444 e. The van der Waals surface area contributed by atoms with Crippen LogP contribution in [-0.4, -0.2) is 60.6 Å². The molecule has 8 heteroatoms. The molecule has 1 N–H and O–H groups in total. The van der Waals surface area contributed by atoms with Crippen LogP contribution in [0.25, 0.3) is 0 Å². The van der Waals surface area contributed by atoms with Crippen molar-refractivity contribution in [3.05, 3.63) is 29.0 Å². The number of hydrogen-bond acceptors (Lipinski definition) is 4. The molecule has 0 spiro atoms. The lowest BCUT2D eigenvalue weighted by molar-refractivity contribution is -0.117. The van der Waals surface area contributed by atoms with E-state index < -0.39 is 11.4 Å². The van der Waals surface area contributed by atoms with Crippen molar-refractivity contribution >= 4 is 29.3 Å². The Balaban J connectivity index is 1.82. The Labute approximate surface area is 171 Å². The van der Waals surface area contributed by atoms with E-state index in [1.165, 1.54) is 18.2 Å². The molecule has 1 aromatic rings. The third-order valence-electron chi connectivity index (χ3n) is 4.41. The van der Waals surface area contributed by atoms with Crippen LogP contribution in [0.1, 0.15) is 33.6 Å². The Morgan fingerprint density at radius 1 is 1.39 bits per heavy atom. The molecule has 28 heavy (non-hydrogen) atoms. The SMILES string of the molecule is CN(C[C@H]1CCCN(CC(=O)Nc2ccc(F)c(Cl)c2)C1)C(=O)OC(C)(C)C. The second kappa shape index (κ2) is 9.56. The molecular formula is C20H29ClFN3O3. The fraction of sp³-hybridized carbons (Fsp3) is 0.600. The van der Waals surface area contributed by atoms with Crippen molar-refractivity contribution in [1.82, 2.24) is 9.80 Å². The Morgan fingerprint density at radius 3 is 2.75 bits per heavy atom. The van der Waals surface area contributed by atoms with Gasteiger partial charge in [0.15, 0.2) is 0 Å². The van der Waals surface area contributed by atoms with Crippen LogP contribution in [0.2, 0.25) is 5.02 Å². The van der Waals surface area contributed by atoms with Crippen molar-refractivity contribution in [1.29, 1.82) is 0 Å². The number of piperidine rings is 1. The van der Waals surface area contributed by atoms with Crippen molar-refractivity contribution in [3.63, 3.8) is 0 Å². The van der Waals surface area contributed by atoms with Crippen LogP contribution >= 0.6 is 11.6 Å². The predicted molar refractivity (Wildman–Crippen MR) is 108 cm³/mol. The predicted octanol–water partition coefficient (Wildman–Crippen LogP) is 4.00. The van der Waals surface area contributed by atoms with Crippen LogP contribution in [0.15, 0.2) is 18.2 Å². The molecule has 1 atom stereocenters. The van der Waals surface area contributed by atoms with Gasteiger partial charge in [0.1, 0.15) is 11.4 Å². The van der Waals surface area contributed by atoms with Gasteiger partial charge in [-0.25, -0.2) is 9.18 Å². The summed E-state index contributed by atoms with van der Waals surface area (Å²) in [6.45, 7) is 7.90. The van der Waals surface area contributed by atoms with E-state index in [0.717, 1.165) is 25.9 Å². The lowest BCUT2D eigenvalue weighted by atomic mass is 9.97. The maximum Gasteiger partial charge on any atom is 0.410 e. The number of nitrogens with zero attached hydrogens (tertiary/aromatic N) is 2. The molecule has 0 bridgehead atoms. The van der Waals surface area contributed by atoms with Crippen molar-refractivity contribution < 1.29 is 18.7 Å².